The van der Waals surface area contributed by atoms with Crippen molar-refractivity contribution < 1.29 is 9.90 Å². The fraction of sp³-hybridized carbons (Fsp3) is 0.759. The third kappa shape index (κ3) is 7.61. The van der Waals surface area contributed by atoms with E-state index < -0.39 is 5.97 Å². The summed E-state index contributed by atoms with van der Waals surface area (Å²) in [6.07, 6.45) is 15.6. The van der Waals surface area contributed by atoms with E-state index in [9.17, 15) is 9.90 Å². The van der Waals surface area contributed by atoms with E-state index >= 15 is 0 Å². The highest BCUT2D eigenvalue weighted by molar-refractivity contribution is 5.67. The van der Waals surface area contributed by atoms with Gasteiger partial charge in [0.2, 0.25) is 0 Å². The number of hydrogen-bond donors (Lipinski definition) is 1. The first-order valence-corrected chi connectivity index (χ1v) is 13.5. The highest BCUT2D eigenvalue weighted by Gasteiger charge is 2.35. The van der Waals surface area contributed by atoms with Crippen LogP contribution in [0, 0.1) is 17.8 Å². The van der Waals surface area contributed by atoms with Gasteiger partial charge in [-0.1, -0.05) is 77.1 Å². The first kappa shape index (κ1) is 25.3. The predicted octanol–water partition coefficient (Wildman–Crippen LogP) is 7.64. The maximum absolute atomic E-state index is 11.5. The van der Waals surface area contributed by atoms with Crippen LogP contribution in [0.5, 0.6) is 0 Å². The van der Waals surface area contributed by atoms with Crippen molar-refractivity contribution >= 4 is 5.97 Å². The van der Waals surface area contributed by atoms with Crippen LogP contribution in [-0.2, 0) is 11.2 Å². The number of likely N-dealkylation sites (tertiary alicyclic amines) is 1. The zero-order valence-electron chi connectivity index (χ0n) is 20.9. The maximum atomic E-state index is 11.5. The summed E-state index contributed by atoms with van der Waals surface area (Å²) in [4.78, 5) is 14.3. The molecule has 1 heterocycles. The van der Waals surface area contributed by atoms with Gasteiger partial charge in [-0.15, -0.1) is 0 Å². The molecule has 3 atom stereocenters. The third-order valence-corrected chi connectivity index (χ3v) is 8.05. The lowest BCUT2D eigenvalue weighted by molar-refractivity contribution is -0.138. The Morgan fingerprint density at radius 1 is 1.03 bits per heavy atom. The van der Waals surface area contributed by atoms with Crippen molar-refractivity contribution in [3.05, 3.63) is 35.4 Å². The molecule has 0 amide bonds. The number of piperidine rings is 1. The Morgan fingerprint density at radius 3 is 2.38 bits per heavy atom. The van der Waals surface area contributed by atoms with Crippen molar-refractivity contribution in [3.63, 3.8) is 0 Å². The van der Waals surface area contributed by atoms with Gasteiger partial charge in [-0.25, -0.2) is 0 Å². The van der Waals surface area contributed by atoms with E-state index in [0.29, 0.717) is 24.4 Å². The highest BCUT2D eigenvalue weighted by Crippen LogP contribution is 2.40. The third-order valence-electron chi connectivity index (χ3n) is 8.05. The average molecular weight is 442 g/mol. The molecule has 3 heteroatoms. The van der Waals surface area contributed by atoms with Crippen molar-refractivity contribution in [1.82, 2.24) is 4.90 Å². The summed E-state index contributed by atoms with van der Waals surface area (Å²) in [5.74, 6) is 1.33. The van der Waals surface area contributed by atoms with Gasteiger partial charge in [0, 0.05) is 18.5 Å². The van der Waals surface area contributed by atoms with Crippen molar-refractivity contribution in [2.24, 2.45) is 17.8 Å². The number of aryl methyl sites for hydroxylation is 1. The minimum Gasteiger partial charge on any atom is -0.481 e. The van der Waals surface area contributed by atoms with Crippen molar-refractivity contribution in [2.75, 3.05) is 6.54 Å². The summed E-state index contributed by atoms with van der Waals surface area (Å²) < 4.78 is 0. The number of rotatable bonds is 12. The number of hydrogen-bond acceptors (Lipinski definition) is 2. The van der Waals surface area contributed by atoms with Crippen molar-refractivity contribution in [2.45, 2.75) is 116 Å². The van der Waals surface area contributed by atoms with Gasteiger partial charge in [0.05, 0.1) is 0 Å². The number of carboxylic acids is 1. The topological polar surface area (TPSA) is 40.5 Å². The molecule has 1 saturated heterocycles. The maximum Gasteiger partial charge on any atom is 0.303 e. The largest absolute Gasteiger partial charge is 0.481 e. The molecule has 0 unspecified atom stereocenters. The SMILES string of the molecule is CCCc1ccc([C@@H]2C[C@H](CC(=O)O)CCN2[C@@H](CCC(C)C)CCC2CCCC2)cc1. The molecule has 32 heavy (non-hydrogen) atoms. The summed E-state index contributed by atoms with van der Waals surface area (Å²) in [6, 6.07) is 10.3. The number of nitrogens with zero attached hydrogens (tertiary/aromatic N) is 1. The molecule has 1 aliphatic carbocycles. The Morgan fingerprint density at radius 2 is 1.75 bits per heavy atom. The monoisotopic (exact) mass is 441 g/mol. The summed E-state index contributed by atoms with van der Waals surface area (Å²) in [7, 11) is 0. The molecule has 1 N–H and O–H groups in total. The number of carbonyl (C=O) groups is 1. The highest BCUT2D eigenvalue weighted by atomic mass is 16.4. The quantitative estimate of drug-likeness (QED) is 0.362. The van der Waals surface area contributed by atoms with E-state index in [0.717, 1.165) is 37.6 Å². The molecule has 3 rings (SSSR count). The van der Waals surface area contributed by atoms with Crippen LogP contribution >= 0.6 is 0 Å². The number of aliphatic carboxylic acids is 1. The zero-order chi connectivity index (χ0) is 22.9. The van der Waals surface area contributed by atoms with Crippen molar-refractivity contribution in [1.29, 1.82) is 0 Å². The Bertz CT molecular complexity index is 677. The molecule has 1 aromatic carbocycles. The molecular formula is C29H47NO2. The van der Waals surface area contributed by atoms with E-state index in [1.807, 2.05) is 0 Å². The second-order valence-electron chi connectivity index (χ2n) is 11.1. The number of carboxylic acid groups (broad SMARTS) is 1. The first-order valence-electron chi connectivity index (χ1n) is 13.5. The predicted molar refractivity (Wildman–Crippen MR) is 134 cm³/mol. The molecule has 3 nitrogen and oxygen atoms in total. The van der Waals surface area contributed by atoms with Crippen LogP contribution in [0.1, 0.15) is 115 Å². The van der Waals surface area contributed by atoms with Gasteiger partial charge in [0.25, 0.3) is 0 Å². The van der Waals surface area contributed by atoms with E-state index in [1.54, 1.807) is 0 Å². The normalized spacial score (nSPS) is 23.6. The second kappa shape index (κ2) is 12.8. The van der Waals surface area contributed by atoms with Gasteiger partial charge in [0.15, 0.2) is 0 Å². The first-order chi connectivity index (χ1) is 15.5. The summed E-state index contributed by atoms with van der Waals surface area (Å²) in [6.45, 7) is 7.97. The van der Waals surface area contributed by atoms with E-state index in [2.05, 4.69) is 49.9 Å². The average Bonchev–Trinajstić information content (AvgIpc) is 3.28. The molecule has 2 aliphatic rings. The molecule has 180 valence electrons. The smallest absolute Gasteiger partial charge is 0.303 e. The fourth-order valence-electron chi connectivity index (χ4n) is 6.18. The van der Waals surface area contributed by atoms with Crippen molar-refractivity contribution in [3.8, 4) is 0 Å². The van der Waals surface area contributed by atoms with E-state index in [1.165, 1.54) is 68.9 Å². The fourth-order valence-corrected chi connectivity index (χ4v) is 6.18. The Hall–Kier alpha value is -1.35. The van der Waals surface area contributed by atoms with Gasteiger partial charge in [-0.3, -0.25) is 9.69 Å². The molecule has 0 radical (unpaired) electrons. The lowest BCUT2D eigenvalue weighted by Gasteiger charge is -2.45. The Kier molecular flexibility index (Phi) is 10.1. The Labute approximate surface area is 197 Å². The molecule has 1 aromatic rings. The molecule has 0 bridgehead atoms. The van der Waals surface area contributed by atoms with Crippen LogP contribution in [0.25, 0.3) is 0 Å². The molecule has 0 spiro atoms. The Balaban J connectivity index is 1.78. The zero-order valence-corrected chi connectivity index (χ0v) is 20.9. The minimum absolute atomic E-state index is 0.296. The van der Waals surface area contributed by atoms with Crippen LogP contribution < -0.4 is 0 Å². The number of benzene rings is 1. The van der Waals surface area contributed by atoms with Gasteiger partial charge in [-0.05, 0) is 80.4 Å². The lowest BCUT2D eigenvalue weighted by Crippen LogP contribution is -2.44. The molecule has 2 fully saturated rings. The molecule has 1 saturated carbocycles. The van der Waals surface area contributed by atoms with E-state index in [4.69, 9.17) is 0 Å². The minimum atomic E-state index is -0.641. The van der Waals surface area contributed by atoms with Gasteiger partial charge < -0.3 is 5.11 Å². The standard InChI is InChI=1S/C29H47NO2/c1-4-7-23-11-14-26(15-12-23)28-20-25(21-29(31)32)18-19-30(28)27(16-10-22(2)3)17-13-24-8-5-6-9-24/h11-12,14-15,22,24-25,27-28H,4-10,13,16-21H2,1-3H3,(H,31,32)/t25-,27+,28+/m1/s1. The lowest BCUT2D eigenvalue weighted by atomic mass is 9.82. The molecule has 1 aliphatic heterocycles. The van der Waals surface area contributed by atoms with Gasteiger partial charge >= 0.3 is 5.97 Å². The summed E-state index contributed by atoms with van der Waals surface area (Å²) in [5, 5.41) is 9.43. The van der Waals surface area contributed by atoms with Crippen LogP contribution in [0.4, 0.5) is 0 Å². The second-order valence-corrected chi connectivity index (χ2v) is 11.1. The van der Waals surface area contributed by atoms with Crippen LogP contribution in [-0.4, -0.2) is 28.6 Å². The van der Waals surface area contributed by atoms with Crippen LogP contribution in [0.2, 0.25) is 0 Å². The van der Waals surface area contributed by atoms with Gasteiger partial charge in [-0.2, -0.15) is 0 Å². The van der Waals surface area contributed by atoms with Crippen LogP contribution in [0.15, 0.2) is 24.3 Å². The van der Waals surface area contributed by atoms with E-state index in [-0.39, 0.29) is 0 Å². The molecule has 0 aromatic heterocycles. The molecular weight excluding hydrogens is 394 g/mol. The van der Waals surface area contributed by atoms with Crippen LogP contribution in [0.3, 0.4) is 0 Å². The summed E-state index contributed by atoms with van der Waals surface area (Å²) in [5.41, 5.74) is 2.81. The van der Waals surface area contributed by atoms with Gasteiger partial charge in [0.1, 0.15) is 0 Å². The summed E-state index contributed by atoms with van der Waals surface area (Å²) >= 11 is 0.